The van der Waals surface area contributed by atoms with Gasteiger partial charge in [-0.3, -0.25) is 0 Å². The number of rotatable bonds is 2. The molecule has 0 unspecified atom stereocenters. The molecule has 1 aromatic carbocycles. The number of benzene rings is 1. The number of anilines is 1. The Bertz CT molecular complexity index is 586. The largest absolute Gasteiger partial charge is 0.383 e. The van der Waals surface area contributed by atoms with Gasteiger partial charge in [-0.25, -0.2) is 4.79 Å². The average Bonchev–Trinajstić information content (AvgIpc) is 2.28. The van der Waals surface area contributed by atoms with Gasteiger partial charge in [-0.2, -0.15) is 4.98 Å². The maximum absolute atomic E-state index is 11.2. The van der Waals surface area contributed by atoms with Gasteiger partial charge in [0.25, 0.3) is 0 Å². The molecular formula is C14H17N3O. The summed E-state index contributed by atoms with van der Waals surface area (Å²) < 4.78 is 0. The standard InChI is InChI=1S/C14H17N3O/c1-8(2)10-4-6-11(7-5-10)12-9(3)16-14(18)17-13(12)15/h4-8H,1-3H3,(H3,15,16,17,18). The number of aryl methyl sites for hydroxylation is 1. The van der Waals surface area contributed by atoms with E-state index in [1.165, 1.54) is 5.56 Å². The molecule has 0 amide bonds. The molecule has 0 aliphatic carbocycles. The van der Waals surface area contributed by atoms with Gasteiger partial charge in [0.05, 0.1) is 0 Å². The zero-order chi connectivity index (χ0) is 13.3. The van der Waals surface area contributed by atoms with Gasteiger partial charge in [-0.15, -0.1) is 0 Å². The first-order valence-electron chi connectivity index (χ1n) is 5.95. The molecule has 94 valence electrons. The lowest BCUT2D eigenvalue weighted by Crippen LogP contribution is -2.15. The van der Waals surface area contributed by atoms with Crippen LogP contribution in [0.5, 0.6) is 0 Å². The maximum atomic E-state index is 11.2. The smallest absolute Gasteiger partial charge is 0.347 e. The minimum absolute atomic E-state index is 0.272. The van der Waals surface area contributed by atoms with Crippen molar-refractivity contribution >= 4 is 5.82 Å². The van der Waals surface area contributed by atoms with Crippen molar-refractivity contribution in [2.75, 3.05) is 5.73 Å². The third kappa shape index (κ3) is 2.27. The third-order valence-corrected chi connectivity index (χ3v) is 3.01. The quantitative estimate of drug-likeness (QED) is 0.851. The van der Waals surface area contributed by atoms with Crippen molar-refractivity contribution in [3.8, 4) is 11.1 Å². The van der Waals surface area contributed by atoms with E-state index < -0.39 is 5.69 Å². The van der Waals surface area contributed by atoms with Crippen LogP contribution < -0.4 is 11.4 Å². The fourth-order valence-electron chi connectivity index (χ4n) is 2.01. The molecule has 1 heterocycles. The first-order chi connectivity index (χ1) is 8.49. The lowest BCUT2D eigenvalue weighted by atomic mass is 9.98. The Morgan fingerprint density at radius 1 is 1.22 bits per heavy atom. The Morgan fingerprint density at radius 2 is 1.83 bits per heavy atom. The summed E-state index contributed by atoms with van der Waals surface area (Å²) in [4.78, 5) is 17.6. The highest BCUT2D eigenvalue weighted by molar-refractivity contribution is 5.75. The van der Waals surface area contributed by atoms with Crippen LogP contribution in [0.2, 0.25) is 0 Å². The number of H-pyrrole nitrogens is 1. The number of aromatic amines is 1. The van der Waals surface area contributed by atoms with Crippen molar-refractivity contribution < 1.29 is 0 Å². The van der Waals surface area contributed by atoms with Crippen molar-refractivity contribution in [3.63, 3.8) is 0 Å². The second-order valence-electron chi connectivity index (χ2n) is 4.70. The number of nitrogens with zero attached hydrogens (tertiary/aromatic N) is 1. The minimum atomic E-state index is -0.410. The summed E-state index contributed by atoms with van der Waals surface area (Å²) in [5.74, 6) is 0.764. The maximum Gasteiger partial charge on any atom is 0.347 e. The van der Waals surface area contributed by atoms with E-state index in [1.54, 1.807) is 0 Å². The minimum Gasteiger partial charge on any atom is -0.383 e. The molecule has 2 aromatic rings. The Hall–Kier alpha value is -2.10. The van der Waals surface area contributed by atoms with Crippen LogP contribution in [0.25, 0.3) is 11.1 Å². The van der Waals surface area contributed by atoms with Gasteiger partial charge in [0.15, 0.2) is 0 Å². The molecule has 2 rings (SSSR count). The highest BCUT2D eigenvalue weighted by atomic mass is 16.1. The van der Waals surface area contributed by atoms with E-state index in [2.05, 4.69) is 35.9 Å². The van der Waals surface area contributed by atoms with Gasteiger partial charge in [-0.1, -0.05) is 38.1 Å². The van der Waals surface area contributed by atoms with Gasteiger partial charge in [0.2, 0.25) is 0 Å². The van der Waals surface area contributed by atoms with Gasteiger partial charge in [-0.05, 0) is 24.0 Å². The average molecular weight is 243 g/mol. The lowest BCUT2D eigenvalue weighted by molar-refractivity contribution is 0.867. The molecule has 0 aliphatic heterocycles. The van der Waals surface area contributed by atoms with E-state index in [1.807, 2.05) is 19.1 Å². The molecule has 0 saturated carbocycles. The number of nitrogens with two attached hydrogens (primary N) is 1. The molecule has 0 atom stereocenters. The predicted octanol–water partition coefficient (Wildman–Crippen LogP) is 2.45. The van der Waals surface area contributed by atoms with Crippen LogP contribution >= 0.6 is 0 Å². The number of hydrogen-bond donors (Lipinski definition) is 2. The Morgan fingerprint density at radius 3 is 2.33 bits per heavy atom. The molecule has 18 heavy (non-hydrogen) atoms. The van der Waals surface area contributed by atoms with Crippen molar-refractivity contribution in [2.24, 2.45) is 0 Å². The third-order valence-electron chi connectivity index (χ3n) is 3.01. The topological polar surface area (TPSA) is 71.8 Å². The van der Waals surface area contributed by atoms with Crippen molar-refractivity contribution in [1.82, 2.24) is 9.97 Å². The fourth-order valence-corrected chi connectivity index (χ4v) is 2.01. The molecule has 0 spiro atoms. The molecule has 1 aromatic heterocycles. The number of hydrogen-bond acceptors (Lipinski definition) is 3. The number of nitrogens with one attached hydrogen (secondary N) is 1. The van der Waals surface area contributed by atoms with Crippen LogP contribution in [-0.2, 0) is 0 Å². The second kappa shape index (κ2) is 4.64. The van der Waals surface area contributed by atoms with Gasteiger partial charge >= 0.3 is 5.69 Å². The second-order valence-corrected chi connectivity index (χ2v) is 4.70. The molecule has 3 N–H and O–H groups in total. The summed E-state index contributed by atoms with van der Waals surface area (Å²) in [7, 11) is 0. The Balaban J connectivity index is 2.52. The highest BCUT2D eigenvalue weighted by Gasteiger charge is 2.09. The van der Waals surface area contributed by atoms with Crippen molar-refractivity contribution in [2.45, 2.75) is 26.7 Å². The number of aromatic nitrogens is 2. The van der Waals surface area contributed by atoms with Gasteiger partial charge < -0.3 is 10.7 Å². The summed E-state index contributed by atoms with van der Waals surface area (Å²) in [5, 5.41) is 0. The van der Waals surface area contributed by atoms with Crippen LogP contribution in [0.15, 0.2) is 29.1 Å². The summed E-state index contributed by atoms with van der Waals surface area (Å²) in [6.07, 6.45) is 0. The first-order valence-corrected chi connectivity index (χ1v) is 5.95. The molecule has 0 aliphatic rings. The van der Waals surface area contributed by atoms with E-state index in [0.29, 0.717) is 5.92 Å². The van der Waals surface area contributed by atoms with Crippen LogP contribution in [0.3, 0.4) is 0 Å². The normalized spacial score (nSPS) is 10.9. The Labute approximate surface area is 106 Å². The molecule has 0 bridgehead atoms. The van der Waals surface area contributed by atoms with Crippen molar-refractivity contribution in [1.29, 1.82) is 0 Å². The summed E-state index contributed by atoms with van der Waals surface area (Å²) in [6, 6.07) is 8.16. The SMILES string of the molecule is Cc1[nH]c(=O)nc(N)c1-c1ccc(C(C)C)cc1. The highest BCUT2D eigenvalue weighted by Crippen LogP contribution is 2.27. The van der Waals surface area contributed by atoms with E-state index in [-0.39, 0.29) is 5.82 Å². The zero-order valence-electron chi connectivity index (χ0n) is 10.8. The molecule has 0 saturated heterocycles. The zero-order valence-corrected chi connectivity index (χ0v) is 10.8. The molecular weight excluding hydrogens is 226 g/mol. The lowest BCUT2D eigenvalue weighted by Gasteiger charge is -2.10. The van der Waals surface area contributed by atoms with E-state index in [4.69, 9.17) is 5.73 Å². The van der Waals surface area contributed by atoms with Gasteiger partial charge in [0.1, 0.15) is 5.82 Å². The van der Waals surface area contributed by atoms with E-state index >= 15 is 0 Å². The number of nitrogen functional groups attached to an aromatic ring is 1. The summed E-state index contributed by atoms with van der Waals surface area (Å²) >= 11 is 0. The summed E-state index contributed by atoms with van der Waals surface area (Å²) in [5.41, 5.74) is 9.19. The van der Waals surface area contributed by atoms with Crippen LogP contribution in [0, 0.1) is 6.92 Å². The monoisotopic (exact) mass is 243 g/mol. The van der Waals surface area contributed by atoms with Crippen molar-refractivity contribution in [3.05, 3.63) is 46.0 Å². The van der Waals surface area contributed by atoms with Crippen LogP contribution in [0.1, 0.15) is 31.0 Å². The molecule has 0 radical (unpaired) electrons. The Kier molecular flexibility index (Phi) is 3.19. The first kappa shape index (κ1) is 12.4. The van der Waals surface area contributed by atoms with E-state index in [9.17, 15) is 4.79 Å². The molecule has 0 fully saturated rings. The van der Waals surface area contributed by atoms with Crippen LogP contribution in [0.4, 0.5) is 5.82 Å². The fraction of sp³-hybridized carbons (Fsp3) is 0.286. The van der Waals surface area contributed by atoms with E-state index in [0.717, 1.165) is 16.8 Å². The molecule has 4 nitrogen and oxygen atoms in total. The summed E-state index contributed by atoms with van der Waals surface area (Å²) in [6.45, 7) is 6.12. The molecule has 4 heteroatoms. The van der Waals surface area contributed by atoms with Crippen LogP contribution in [-0.4, -0.2) is 9.97 Å². The van der Waals surface area contributed by atoms with Gasteiger partial charge in [0, 0.05) is 11.3 Å². The predicted molar refractivity (Wildman–Crippen MR) is 73.5 cm³/mol.